The van der Waals surface area contributed by atoms with Crippen LogP contribution in [0.4, 0.5) is 17.1 Å². The lowest BCUT2D eigenvalue weighted by Gasteiger charge is -2.27. The van der Waals surface area contributed by atoms with Crippen molar-refractivity contribution in [3.8, 4) is 55.6 Å². The molecule has 2 heteroatoms. The summed E-state index contributed by atoms with van der Waals surface area (Å²) in [5.41, 5.74) is 19.9. The number of fused-ring (bicyclic) bond motifs is 7. The zero-order valence-electron chi connectivity index (χ0n) is 35.2. The molecule has 0 saturated carbocycles. The molecule has 1 heterocycles. The molecule has 0 spiro atoms. The van der Waals surface area contributed by atoms with Crippen molar-refractivity contribution in [2.75, 3.05) is 4.90 Å². The third-order valence-electron chi connectivity index (χ3n) is 13.3. The van der Waals surface area contributed by atoms with Crippen molar-refractivity contribution in [1.82, 2.24) is 0 Å². The molecule has 11 aromatic rings. The van der Waals surface area contributed by atoms with E-state index < -0.39 is 0 Å². The Morgan fingerprint density at radius 3 is 1.62 bits per heavy atom. The summed E-state index contributed by atoms with van der Waals surface area (Å²) in [5.74, 6) is 0. The monoisotopic (exact) mass is 805 g/mol. The molecule has 1 aliphatic rings. The third kappa shape index (κ3) is 6.17. The number of benzene rings is 10. The normalized spacial score (nSPS) is 12.7. The van der Waals surface area contributed by atoms with Crippen molar-refractivity contribution in [3.05, 3.63) is 236 Å². The molecule has 0 amide bonds. The molecular weight excluding hydrogens is 763 g/mol. The summed E-state index contributed by atoms with van der Waals surface area (Å²) in [5, 5.41) is 4.77. The van der Waals surface area contributed by atoms with Crippen LogP contribution in [0, 0.1) is 0 Å². The van der Waals surface area contributed by atoms with Gasteiger partial charge in [-0.15, -0.1) is 0 Å². The largest absolute Gasteiger partial charge is 0.455 e. The summed E-state index contributed by atoms with van der Waals surface area (Å²) in [6.07, 6.45) is 0. The van der Waals surface area contributed by atoms with Gasteiger partial charge in [-0.05, 0) is 127 Å². The van der Waals surface area contributed by atoms with E-state index in [1.54, 1.807) is 0 Å². The highest BCUT2D eigenvalue weighted by Crippen LogP contribution is 2.52. The summed E-state index contributed by atoms with van der Waals surface area (Å²) in [6.45, 7) is 4.72. The predicted octanol–water partition coefficient (Wildman–Crippen LogP) is 17.2. The molecule has 0 atom stereocenters. The minimum Gasteiger partial charge on any atom is -0.455 e. The van der Waals surface area contributed by atoms with E-state index in [-0.39, 0.29) is 5.41 Å². The summed E-state index contributed by atoms with van der Waals surface area (Å²) >= 11 is 0. The first-order chi connectivity index (χ1) is 31.0. The van der Waals surface area contributed by atoms with Crippen molar-refractivity contribution in [2.24, 2.45) is 0 Å². The lowest BCUT2D eigenvalue weighted by molar-refractivity contribution is 0.662. The number of nitrogens with zero attached hydrogens (tertiary/aromatic N) is 1. The van der Waals surface area contributed by atoms with Crippen LogP contribution in [0.25, 0.3) is 88.3 Å². The fraction of sp³-hybridized carbons (Fsp3) is 0.0492. The standard InChI is InChI=1S/C61H43NO/c1-61(2)57-22-7-5-16-53(57)55-20-10-18-51(59(55)61)42-28-34-49(35-29-42)62(50-36-30-43(31-37-50)52-19-11-21-56-54-17-6-8-23-58(54)63-60(52)56)48-32-26-41(27-33-48)45-14-9-15-46(38-45)47-25-24-40-12-3-4-13-44(40)39-47/h3-39H,1-2H3. The maximum absolute atomic E-state index is 6.45. The number of hydrogen-bond acceptors (Lipinski definition) is 2. The van der Waals surface area contributed by atoms with Crippen molar-refractivity contribution in [1.29, 1.82) is 0 Å². The Hall–Kier alpha value is -7.94. The lowest BCUT2D eigenvalue weighted by Crippen LogP contribution is -2.16. The second-order valence-corrected chi connectivity index (χ2v) is 17.3. The SMILES string of the molecule is CC1(C)c2ccccc2-c2cccc(-c3ccc(N(c4ccc(-c5cccc(-c6ccc7ccccc7c6)c5)cc4)c4ccc(-c5cccc6c5oc5ccccc56)cc4)cc3)c21. The Morgan fingerprint density at radius 1 is 0.349 bits per heavy atom. The van der Waals surface area contributed by atoms with Crippen LogP contribution < -0.4 is 4.90 Å². The lowest BCUT2D eigenvalue weighted by atomic mass is 9.79. The van der Waals surface area contributed by atoms with Crippen molar-refractivity contribution >= 4 is 49.8 Å². The number of para-hydroxylation sites is 2. The Balaban J connectivity index is 0.925. The molecule has 0 N–H and O–H groups in total. The molecule has 10 aromatic carbocycles. The highest BCUT2D eigenvalue weighted by atomic mass is 16.3. The van der Waals surface area contributed by atoms with Gasteiger partial charge in [0.2, 0.25) is 0 Å². The van der Waals surface area contributed by atoms with Crippen molar-refractivity contribution < 1.29 is 4.42 Å². The van der Waals surface area contributed by atoms with Crippen LogP contribution in [-0.2, 0) is 5.41 Å². The third-order valence-corrected chi connectivity index (χ3v) is 13.3. The van der Waals surface area contributed by atoms with E-state index in [4.69, 9.17) is 4.42 Å². The molecule has 63 heavy (non-hydrogen) atoms. The topological polar surface area (TPSA) is 16.4 Å². The van der Waals surface area contributed by atoms with Gasteiger partial charge in [-0.3, -0.25) is 0 Å². The Kier molecular flexibility index (Phi) is 8.55. The molecule has 1 aromatic heterocycles. The van der Waals surface area contributed by atoms with E-state index in [0.717, 1.165) is 50.1 Å². The van der Waals surface area contributed by atoms with E-state index in [1.165, 1.54) is 66.4 Å². The van der Waals surface area contributed by atoms with Crippen LogP contribution in [-0.4, -0.2) is 0 Å². The number of hydrogen-bond donors (Lipinski definition) is 0. The minimum atomic E-state index is -0.0988. The van der Waals surface area contributed by atoms with Crippen LogP contribution in [0.5, 0.6) is 0 Å². The highest BCUT2D eigenvalue weighted by molar-refractivity contribution is 6.09. The summed E-state index contributed by atoms with van der Waals surface area (Å²) in [7, 11) is 0. The van der Waals surface area contributed by atoms with Crippen molar-refractivity contribution in [2.45, 2.75) is 19.3 Å². The molecule has 1 aliphatic carbocycles. The number of furan rings is 1. The fourth-order valence-electron chi connectivity index (χ4n) is 10.1. The summed E-state index contributed by atoms with van der Waals surface area (Å²) < 4.78 is 6.45. The van der Waals surface area contributed by atoms with E-state index in [2.05, 4.69) is 231 Å². The van der Waals surface area contributed by atoms with E-state index in [9.17, 15) is 0 Å². The van der Waals surface area contributed by atoms with Crippen LogP contribution in [0.15, 0.2) is 229 Å². The second kappa shape index (κ2) is 14.6. The molecule has 298 valence electrons. The maximum Gasteiger partial charge on any atom is 0.143 e. The van der Waals surface area contributed by atoms with E-state index >= 15 is 0 Å². The molecular formula is C61H43NO. The summed E-state index contributed by atoms with van der Waals surface area (Å²) in [4.78, 5) is 2.36. The molecule has 0 bridgehead atoms. The average Bonchev–Trinajstić information content (AvgIpc) is 3.84. The molecule has 2 nitrogen and oxygen atoms in total. The first-order valence-corrected chi connectivity index (χ1v) is 21.8. The fourth-order valence-corrected chi connectivity index (χ4v) is 10.1. The van der Waals surface area contributed by atoms with Gasteiger partial charge in [0.05, 0.1) is 0 Å². The first-order valence-electron chi connectivity index (χ1n) is 21.8. The quantitative estimate of drug-likeness (QED) is 0.160. The van der Waals surface area contributed by atoms with Gasteiger partial charge in [-0.1, -0.05) is 184 Å². The number of rotatable bonds is 7. The van der Waals surface area contributed by atoms with E-state index in [0.29, 0.717) is 0 Å². The highest BCUT2D eigenvalue weighted by Gasteiger charge is 2.37. The molecule has 12 rings (SSSR count). The van der Waals surface area contributed by atoms with Gasteiger partial charge in [0.15, 0.2) is 0 Å². The van der Waals surface area contributed by atoms with Gasteiger partial charge in [0, 0.05) is 38.8 Å². The Labute approximate surface area is 368 Å². The van der Waals surface area contributed by atoms with Gasteiger partial charge in [-0.2, -0.15) is 0 Å². The van der Waals surface area contributed by atoms with E-state index in [1.807, 2.05) is 12.1 Å². The maximum atomic E-state index is 6.45. The average molecular weight is 806 g/mol. The van der Waals surface area contributed by atoms with Gasteiger partial charge in [0.1, 0.15) is 11.2 Å². The van der Waals surface area contributed by atoms with Crippen LogP contribution in [0.2, 0.25) is 0 Å². The van der Waals surface area contributed by atoms with Crippen LogP contribution >= 0.6 is 0 Å². The van der Waals surface area contributed by atoms with Gasteiger partial charge in [-0.25, -0.2) is 0 Å². The predicted molar refractivity (Wildman–Crippen MR) is 265 cm³/mol. The van der Waals surface area contributed by atoms with Crippen LogP contribution in [0.1, 0.15) is 25.0 Å². The van der Waals surface area contributed by atoms with Gasteiger partial charge in [0.25, 0.3) is 0 Å². The minimum absolute atomic E-state index is 0.0988. The molecule has 0 radical (unpaired) electrons. The second-order valence-electron chi connectivity index (χ2n) is 17.3. The first kappa shape index (κ1) is 36.9. The summed E-state index contributed by atoms with van der Waals surface area (Å²) in [6, 6.07) is 81.5. The molecule has 0 fully saturated rings. The van der Waals surface area contributed by atoms with Gasteiger partial charge >= 0.3 is 0 Å². The molecule has 0 saturated heterocycles. The molecule has 0 aliphatic heterocycles. The Bertz CT molecular complexity index is 3520. The van der Waals surface area contributed by atoms with Crippen molar-refractivity contribution in [3.63, 3.8) is 0 Å². The number of anilines is 3. The molecule has 0 unspecified atom stereocenters. The smallest absolute Gasteiger partial charge is 0.143 e. The zero-order chi connectivity index (χ0) is 42.1. The zero-order valence-corrected chi connectivity index (χ0v) is 35.2. The van der Waals surface area contributed by atoms with Crippen LogP contribution in [0.3, 0.4) is 0 Å². The Morgan fingerprint density at radius 2 is 0.857 bits per heavy atom. The van der Waals surface area contributed by atoms with Gasteiger partial charge < -0.3 is 9.32 Å².